The number of hydrogen-bond acceptors (Lipinski definition) is 3. The molecule has 0 N–H and O–H groups in total. The molecule has 4 nitrogen and oxygen atoms in total. The van der Waals surface area contributed by atoms with Gasteiger partial charge in [-0.25, -0.2) is 0 Å². The van der Waals surface area contributed by atoms with Gasteiger partial charge in [0.05, 0.1) is 12.1 Å². The first-order chi connectivity index (χ1) is 8.50. The quantitative estimate of drug-likeness (QED) is 0.561. The fraction of sp³-hybridized carbons (Fsp3) is 0.643. The Hall–Kier alpha value is -1.29. The number of carbonyl (C=O) groups excluding carboxylic acids is 1. The van der Waals surface area contributed by atoms with Crippen LogP contribution in [0.2, 0.25) is 0 Å². The van der Waals surface area contributed by atoms with Crippen LogP contribution >= 0.6 is 0 Å². The molecule has 0 radical (unpaired) electrons. The van der Waals surface area contributed by atoms with Crippen molar-refractivity contribution in [2.75, 3.05) is 20.8 Å². The van der Waals surface area contributed by atoms with Crippen LogP contribution in [0.5, 0.6) is 0 Å². The van der Waals surface area contributed by atoms with Crippen molar-refractivity contribution in [3.63, 3.8) is 0 Å². The van der Waals surface area contributed by atoms with Gasteiger partial charge in [-0.2, -0.15) is 0 Å². The second-order valence-electron chi connectivity index (χ2n) is 5.43. The van der Waals surface area contributed by atoms with E-state index in [-0.39, 0.29) is 18.1 Å². The lowest BCUT2D eigenvalue weighted by Crippen LogP contribution is -2.35. The third kappa shape index (κ3) is 2.43. The molecule has 1 saturated heterocycles. The average Bonchev–Trinajstić information content (AvgIpc) is 2.81. The minimum absolute atomic E-state index is 0.115. The average molecular weight is 250 g/mol. The van der Waals surface area contributed by atoms with Crippen LogP contribution in [0.15, 0.2) is 23.9 Å². The number of rotatable bonds is 4. The van der Waals surface area contributed by atoms with Gasteiger partial charge in [0.25, 0.3) is 5.91 Å². The standard InChI is InChI=1S/C14H22N2O2/c1-10(2)18-9-16-13-7-5-6-11(13)12(14(16)17)8-15(3)4/h5,7-8,10-11,13H,6,9H2,1-4H3/b12-8-. The van der Waals surface area contributed by atoms with Crippen LogP contribution in [-0.2, 0) is 9.53 Å². The highest BCUT2D eigenvalue weighted by Crippen LogP contribution is 2.38. The summed E-state index contributed by atoms with van der Waals surface area (Å²) in [6, 6.07) is 0.183. The fourth-order valence-corrected chi connectivity index (χ4v) is 2.53. The molecule has 0 aromatic heterocycles. The Labute approximate surface area is 109 Å². The molecule has 1 fully saturated rings. The van der Waals surface area contributed by atoms with E-state index in [0.717, 1.165) is 12.0 Å². The zero-order valence-corrected chi connectivity index (χ0v) is 11.6. The fourth-order valence-electron chi connectivity index (χ4n) is 2.53. The van der Waals surface area contributed by atoms with Crippen LogP contribution in [0.25, 0.3) is 0 Å². The Morgan fingerprint density at radius 1 is 1.56 bits per heavy atom. The van der Waals surface area contributed by atoms with E-state index in [9.17, 15) is 4.79 Å². The smallest absolute Gasteiger partial charge is 0.253 e. The molecule has 1 aliphatic heterocycles. The van der Waals surface area contributed by atoms with Crippen LogP contribution in [0.1, 0.15) is 20.3 Å². The molecular formula is C14H22N2O2. The molecule has 18 heavy (non-hydrogen) atoms. The molecule has 0 spiro atoms. The third-order valence-electron chi connectivity index (χ3n) is 3.35. The molecule has 2 aliphatic rings. The number of hydrogen-bond donors (Lipinski definition) is 0. The number of likely N-dealkylation sites (tertiary alicyclic amines) is 1. The van der Waals surface area contributed by atoms with Gasteiger partial charge in [-0.15, -0.1) is 0 Å². The molecule has 1 aliphatic carbocycles. The maximum Gasteiger partial charge on any atom is 0.253 e. The van der Waals surface area contributed by atoms with Crippen LogP contribution < -0.4 is 0 Å². The van der Waals surface area contributed by atoms with E-state index in [2.05, 4.69) is 12.2 Å². The first kappa shape index (κ1) is 13.1. The van der Waals surface area contributed by atoms with Crippen molar-refractivity contribution in [2.45, 2.75) is 32.4 Å². The van der Waals surface area contributed by atoms with Gasteiger partial charge in [-0.05, 0) is 20.3 Å². The lowest BCUT2D eigenvalue weighted by molar-refractivity contribution is -0.132. The van der Waals surface area contributed by atoms with Crippen LogP contribution in [0.4, 0.5) is 0 Å². The third-order valence-corrected chi connectivity index (χ3v) is 3.35. The van der Waals surface area contributed by atoms with Crippen molar-refractivity contribution in [1.82, 2.24) is 9.80 Å². The Morgan fingerprint density at radius 2 is 2.28 bits per heavy atom. The molecule has 4 heteroatoms. The maximum absolute atomic E-state index is 12.4. The number of allylic oxidation sites excluding steroid dienone is 1. The predicted octanol–water partition coefficient (Wildman–Crippen LogP) is 1.60. The molecule has 1 amide bonds. The van der Waals surface area contributed by atoms with E-state index < -0.39 is 0 Å². The van der Waals surface area contributed by atoms with Crippen molar-refractivity contribution < 1.29 is 9.53 Å². The Bertz CT molecular complexity index is 385. The topological polar surface area (TPSA) is 32.8 Å². The van der Waals surface area contributed by atoms with Gasteiger partial charge in [0.15, 0.2) is 0 Å². The molecule has 0 bridgehead atoms. The van der Waals surface area contributed by atoms with E-state index in [1.807, 2.05) is 43.9 Å². The van der Waals surface area contributed by atoms with E-state index in [1.165, 1.54) is 0 Å². The van der Waals surface area contributed by atoms with Crippen molar-refractivity contribution in [3.8, 4) is 0 Å². The Kier molecular flexibility index (Phi) is 3.76. The summed E-state index contributed by atoms with van der Waals surface area (Å²) in [5, 5.41) is 0. The summed E-state index contributed by atoms with van der Waals surface area (Å²) in [4.78, 5) is 16.2. The van der Waals surface area contributed by atoms with E-state index in [0.29, 0.717) is 12.6 Å². The molecule has 0 aromatic rings. The van der Waals surface area contributed by atoms with Gasteiger partial charge in [-0.3, -0.25) is 4.79 Å². The van der Waals surface area contributed by atoms with E-state index in [4.69, 9.17) is 4.74 Å². The highest BCUT2D eigenvalue weighted by atomic mass is 16.5. The molecule has 2 unspecified atom stereocenters. The zero-order valence-electron chi connectivity index (χ0n) is 11.6. The lowest BCUT2D eigenvalue weighted by atomic mass is 9.98. The van der Waals surface area contributed by atoms with E-state index >= 15 is 0 Å². The highest BCUT2D eigenvalue weighted by molar-refractivity contribution is 5.97. The molecule has 100 valence electrons. The molecule has 1 heterocycles. The molecule has 0 aromatic carbocycles. The van der Waals surface area contributed by atoms with Gasteiger partial charge in [-0.1, -0.05) is 12.2 Å². The monoisotopic (exact) mass is 250 g/mol. The van der Waals surface area contributed by atoms with Crippen molar-refractivity contribution in [1.29, 1.82) is 0 Å². The summed E-state index contributed by atoms with van der Waals surface area (Å²) >= 11 is 0. The highest BCUT2D eigenvalue weighted by Gasteiger charge is 2.44. The van der Waals surface area contributed by atoms with Crippen LogP contribution in [-0.4, -0.2) is 48.7 Å². The first-order valence-corrected chi connectivity index (χ1v) is 6.48. The van der Waals surface area contributed by atoms with Gasteiger partial charge in [0.1, 0.15) is 6.73 Å². The number of nitrogens with zero attached hydrogens (tertiary/aromatic N) is 2. The van der Waals surface area contributed by atoms with Crippen molar-refractivity contribution in [3.05, 3.63) is 23.9 Å². The van der Waals surface area contributed by atoms with Gasteiger partial charge in [0, 0.05) is 31.8 Å². The lowest BCUT2D eigenvalue weighted by Gasteiger charge is -2.23. The van der Waals surface area contributed by atoms with Gasteiger partial charge >= 0.3 is 0 Å². The SMILES string of the molecule is CC(C)OCN1C(=O)/C(=C\N(C)C)C2CC=CC21. The van der Waals surface area contributed by atoms with Crippen LogP contribution in [0, 0.1) is 5.92 Å². The Morgan fingerprint density at radius 3 is 2.89 bits per heavy atom. The summed E-state index contributed by atoms with van der Waals surface area (Å²) in [5.74, 6) is 0.416. The van der Waals surface area contributed by atoms with Crippen LogP contribution in [0.3, 0.4) is 0 Å². The minimum atomic E-state index is 0.115. The number of carbonyl (C=O) groups is 1. The molecule has 0 saturated carbocycles. The second kappa shape index (κ2) is 5.14. The molecular weight excluding hydrogens is 228 g/mol. The minimum Gasteiger partial charge on any atom is -0.383 e. The number of amides is 1. The summed E-state index contributed by atoms with van der Waals surface area (Å²) in [6.07, 6.45) is 7.33. The van der Waals surface area contributed by atoms with Crippen molar-refractivity contribution in [2.24, 2.45) is 5.92 Å². The first-order valence-electron chi connectivity index (χ1n) is 6.48. The Balaban J connectivity index is 2.16. The predicted molar refractivity (Wildman–Crippen MR) is 70.7 cm³/mol. The number of ether oxygens (including phenoxy) is 1. The zero-order chi connectivity index (χ0) is 13.3. The maximum atomic E-state index is 12.4. The normalized spacial score (nSPS) is 28.6. The summed E-state index contributed by atoms with van der Waals surface area (Å²) in [6.45, 7) is 4.35. The second-order valence-corrected chi connectivity index (χ2v) is 5.43. The molecule has 2 rings (SSSR count). The largest absolute Gasteiger partial charge is 0.383 e. The summed E-state index contributed by atoms with van der Waals surface area (Å²) in [5.41, 5.74) is 0.905. The van der Waals surface area contributed by atoms with Gasteiger partial charge in [0.2, 0.25) is 0 Å². The van der Waals surface area contributed by atoms with Gasteiger partial charge < -0.3 is 14.5 Å². The van der Waals surface area contributed by atoms with Crippen molar-refractivity contribution >= 4 is 5.91 Å². The summed E-state index contributed by atoms with van der Waals surface area (Å²) in [7, 11) is 3.90. The number of fused-ring (bicyclic) bond motifs is 1. The summed E-state index contributed by atoms with van der Waals surface area (Å²) < 4.78 is 5.59. The van der Waals surface area contributed by atoms with E-state index in [1.54, 1.807) is 0 Å². The molecule has 2 atom stereocenters.